The smallest absolute Gasteiger partial charge is 0.338 e. The average Bonchev–Trinajstić information content (AvgIpc) is 2.79. The van der Waals surface area contributed by atoms with Crippen molar-refractivity contribution in [2.45, 2.75) is 31.7 Å². The van der Waals surface area contributed by atoms with Crippen molar-refractivity contribution in [3.05, 3.63) is 64.4 Å². The van der Waals surface area contributed by atoms with Gasteiger partial charge in [-0.3, -0.25) is 0 Å². The number of nitrogens with one attached hydrogen (secondary N) is 2. The van der Waals surface area contributed by atoms with E-state index in [9.17, 15) is 18.0 Å². The highest BCUT2D eigenvalue weighted by Gasteiger charge is 2.37. The fraction of sp³-hybridized carbons (Fsp3) is 0.333. The lowest BCUT2D eigenvalue weighted by atomic mass is 9.94. The maximum Gasteiger partial charge on any atom is 0.338 e. The largest absolute Gasteiger partial charge is 0.497 e. The molecule has 1 atom stereocenters. The molecule has 1 heterocycles. The summed E-state index contributed by atoms with van der Waals surface area (Å²) in [6, 6.07) is 8.05. The van der Waals surface area contributed by atoms with Gasteiger partial charge in [0.15, 0.2) is 9.84 Å². The summed E-state index contributed by atoms with van der Waals surface area (Å²) in [6.07, 6.45) is 0. The molecule has 2 N–H and O–H groups in total. The van der Waals surface area contributed by atoms with Crippen LogP contribution in [0.4, 0.5) is 4.79 Å². The first-order valence-electron chi connectivity index (χ1n) is 10.6. The van der Waals surface area contributed by atoms with Gasteiger partial charge in [-0.05, 0) is 56.2 Å². The van der Waals surface area contributed by atoms with Crippen molar-refractivity contribution >= 4 is 21.8 Å². The number of urea groups is 1. The molecule has 0 unspecified atom stereocenters. The first kappa shape index (κ1) is 25.1. The zero-order valence-electron chi connectivity index (χ0n) is 19.7. The minimum Gasteiger partial charge on any atom is -0.497 e. The molecule has 2 amide bonds. The summed E-state index contributed by atoms with van der Waals surface area (Å²) in [5.41, 5.74) is 2.14. The number of aryl methyl sites for hydroxylation is 2. The number of ether oxygens (including phenoxy) is 3. The van der Waals surface area contributed by atoms with E-state index in [4.69, 9.17) is 14.2 Å². The molecular weight excluding hydrogens is 460 g/mol. The third kappa shape index (κ3) is 5.17. The van der Waals surface area contributed by atoms with E-state index >= 15 is 0 Å². The Balaban J connectivity index is 2.15. The zero-order valence-corrected chi connectivity index (χ0v) is 20.5. The van der Waals surface area contributed by atoms with E-state index in [-0.39, 0.29) is 22.8 Å². The Kier molecular flexibility index (Phi) is 7.51. The summed E-state index contributed by atoms with van der Waals surface area (Å²) in [5.74, 6) is -0.473. The maximum absolute atomic E-state index is 13.2. The second-order valence-corrected chi connectivity index (χ2v) is 9.75. The molecule has 0 saturated heterocycles. The second kappa shape index (κ2) is 10.2. The van der Waals surface area contributed by atoms with Gasteiger partial charge >= 0.3 is 12.0 Å². The van der Waals surface area contributed by atoms with Crippen LogP contribution in [0.1, 0.15) is 29.7 Å². The molecule has 0 aromatic heterocycles. The molecule has 0 spiro atoms. The molecule has 2 aromatic rings. The van der Waals surface area contributed by atoms with E-state index in [1.807, 2.05) is 13.8 Å². The van der Waals surface area contributed by atoms with Crippen molar-refractivity contribution in [2.24, 2.45) is 0 Å². The van der Waals surface area contributed by atoms with E-state index in [0.29, 0.717) is 17.1 Å². The van der Waals surface area contributed by atoms with Crippen LogP contribution < -0.4 is 20.1 Å². The van der Waals surface area contributed by atoms with Crippen molar-refractivity contribution < 1.29 is 32.2 Å². The van der Waals surface area contributed by atoms with Crippen LogP contribution in [0.15, 0.2) is 52.6 Å². The van der Waals surface area contributed by atoms with Gasteiger partial charge in [-0.2, -0.15) is 0 Å². The molecule has 10 heteroatoms. The summed E-state index contributed by atoms with van der Waals surface area (Å²) in [4.78, 5) is 25.7. The molecule has 1 aliphatic rings. The highest BCUT2D eigenvalue weighted by Crippen LogP contribution is 2.36. The third-order valence-electron chi connectivity index (χ3n) is 5.57. The van der Waals surface area contributed by atoms with E-state index in [1.54, 1.807) is 37.3 Å². The van der Waals surface area contributed by atoms with Crippen LogP contribution >= 0.6 is 0 Å². The highest BCUT2D eigenvalue weighted by molar-refractivity contribution is 7.91. The molecular formula is C24H28N2O7S. The molecule has 182 valence electrons. The van der Waals surface area contributed by atoms with Gasteiger partial charge in [0.1, 0.15) is 11.5 Å². The van der Waals surface area contributed by atoms with Gasteiger partial charge in [0, 0.05) is 17.3 Å². The van der Waals surface area contributed by atoms with E-state index < -0.39 is 33.6 Å². The standard InChI is InChI=1S/C24H28N2O7S/c1-6-33-23(27)21-19(13-34(29,30)17-9-7-14(2)15(3)11-17)25-24(28)26-22(21)18-10-8-16(31-4)12-20(18)32-5/h7-12,22H,6,13H2,1-5H3,(H2,25,26,28)/t22-/m1/s1. The minimum absolute atomic E-state index is 0.0164. The summed E-state index contributed by atoms with van der Waals surface area (Å²) >= 11 is 0. The summed E-state index contributed by atoms with van der Waals surface area (Å²) in [6.45, 7) is 5.41. The molecule has 3 rings (SSSR count). The Bertz CT molecular complexity index is 1250. The lowest BCUT2D eigenvalue weighted by Gasteiger charge is -2.30. The molecule has 1 aliphatic heterocycles. The molecule has 0 fully saturated rings. The monoisotopic (exact) mass is 488 g/mol. The van der Waals surface area contributed by atoms with E-state index in [1.165, 1.54) is 20.3 Å². The molecule has 34 heavy (non-hydrogen) atoms. The average molecular weight is 489 g/mol. The van der Waals surface area contributed by atoms with Crippen LogP contribution in [-0.2, 0) is 19.4 Å². The summed E-state index contributed by atoms with van der Waals surface area (Å²) < 4.78 is 42.4. The normalized spacial score (nSPS) is 15.9. The predicted octanol–water partition coefficient (Wildman–Crippen LogP) is 2.97. The third-order valence-corrected chi connectivity index (χ3v) is 7.21. The Morgan fingerprint density at radius 1 is 1.03 bits per heavy atom. The molecule has 0 bridgehead atoms. The Morgan fingerprint density at radius 2 is 1.76 bits per heavy atom. The molecule has 0 aliphatic carbocycles. The lowest BCUT2D eigenvalue weighted by Crippen LogP contribution is -2.47. The second-order valence-electron chi connectivity index (χ2n) is 7.76. The van der Waals surface area contributed by atoms with Gasteiger partial charge in [0.25, 0.3) is 0 Å². The summed E-state index contributed by atoms with van der Waals surface area (Å²) in [5, 5.41) is 5.18. The van der Waals surface area contributed by atoms with Crippen molar-refractivity contribution in [1.82, 2.24) is 10.6 Å². The number of sulfone groups is 1. The molecule has 0 saturated carbocycles. The van der Waals surface area contributed by atoms with Crippen molar-refractivity contribution in [2.75, 3.05) is 26.6 Å². The number of esters is 1. The van der Waals surface area contributed by atoms with Gasteiger partial charge in [-0.15, -0.1) is 0 Å². The minimum atomic E-state index is -3.90. The quantitative estimate of drug-likeness (QED) is 0.548. The van der Waals surface area contributed by atoms with Crippen LogP contribution in [0, 0.1) is 13.8 Å². The number of carbonyl (C=O) groups is 2. The van der Waals surface area contributed by atoms with Crippen LogP contribution in [0.25, 0.3) is 0 Å². The van der Waals surface area contributed by atoms with Crippen LogP contribution in [0.3, 0.4) is 0 Å². The number of carbonyl (C=O) groups excluding carboxylic acids is 2. The molecule has 9 nitrogen and oxygen atoms in total. The molecule has 2 aromatic carbocycles. The van der Waals surface area contributed by atoms with Crippen LogP contribution in [0.2, 0.25) is 0 Å². The van der Waals surface area contributed by atoms with Gasteiger partial charge in [0.05, 0.1) is 43.1 Å². The number of methoxy groups -OCH3 is 2. The van der Waals surface area contributed by atoms with Crippen LogP contribution in [0.5, 0.6) is 11.5 Å². The fourth-order valence-corrected chi connectivity index (χ4v) is 5.06. The summed E-state index contributed by atoms with van der Waals surface area (Å²) in [7, 11) is -0.950. The number of rotatable bonds is 8. The first-order valence-corrected chi connectivity index (χ1v) is 12.3. The van der Waals surface area contributed by atoms with E-state index in [0.717, 1.165) is 11.1 Å². The van der Waals surface area contributed by atoms with Gasteiger partial charge < -0.3 is 24.8 Å². The number of amides is 2. The van der Waals surface area contributed by atoms with Crippen molar-refractivity contribution in [1.29, 1.82) is 0 Å². The first-order chi connectivity index (χ1) is 16.1. The predicted molar refractivity (Wildman–Crippen MR) is 126 cm³/mol. The van der Waals surface area contributed by atoms with Crippen molar-refractivity contribution in [3.8, 4) is 11.5 Å². The van der Waals surface area contributed by atoms with Gasteiger partial charge in [-0.25, -0.2) is 18.0 Å². The number of hydrogen-bond acceptors (Lipinski definition) is 7. The SMILES string of the molecule is CCOC(=O)C1=C(CS(=O)(=O)c2ccc(C)c(C)c2)NC(=O)N[C@@H]1c1ccc(OC)cc1OC. The lowest BCUT2D eigenvalue weighted by molar-refractivity contribution is -0.139. The van der Waals surface area contributed by atoms with Crippen molar-refractivity contribution in [3.63, 3.8) is 0 Å². The zero-order chi connectivity index (χ0) is 25.0. The van der Waals surface area contributed by atoms with Gasteiger partial charge in [0.2, 0.25) is 0 Å². The van der Waals surface area contributed by atoms with Crippen LogP contribution in [-0.4, -0.2) is 47.0 Å². The Hall–Kier alpha value is -3.53. The van der Waals surface area contributed by atoms with E-state index in [2.05, 4.69) is 10.6 Å². The molecule has 0 radical (unpaired) electrons. The number of hydrogen-bond donors (Lipinski definition) is 2. The maximum atomic E-state index is 13.2. The highest BCUT2D eigenvalue weighted by atomic mass is 32.2. The Labute approximate surface area is 199 Å². The van der Waals surface area contributed by atoms with Gasteiger partial charge in [-0.1, -0.05) is 6.07 Å². The fourth-order valence-electron chi connectivity index (χ4n) is 3.65. The number of benzene rings is 2. The topological polar surface area (TPSA) is 120 Å². The Morgan fingerprint density at radius 3 is 2.38 bits per heavy atom.